The van der Waals surface area contributed by atoms with Gasteiger partial charge in [0, 0.05) is 12.1 Å². The van der Waals surface area contributed by atoms with Gasteiger partial charge in [-0.3, -0.25) is 0 Å². The number of nitrogen functional groups attached to an aromatic ring is 1. The smallest absolute Gasteiger partial charge is 0.409 e. The Morgan fingerprint density at radius 1 is 0.960 bits per heavy atom. The molecule has 0 heterocycles. The number of hydrogen-bond acceptors (Lipinski definition) is 3. The van der Waals surface area contributed by atoms with E-state index in [1.807, 2.05) is 0 Å². The van der Waals surface area contributed by atoms with Crippen molar-refractivity contribution in [1.29, 1.82) is 0 Å². The van der Waals surface area contributed by atoms with E-state index in [0.717, 1.165) is 6.07 Å². The second kappa shape index (κ2) is 9.28. The van der Waals surface area contributed by atoms with Crippen LogP contribution in [0.25, 0.3) is 0 Å². The van der Waals surface area contributed by atoms with E-state index in [-0.39, 0.29) is 28.6 Å². The van der Waals surface area contributed by atoms with Crippen molar-refractivity contribution in [3.8, 4) is 5.75 Å². The monoisotopic (exact) mass is 622 g/mol. The number of hydrogen-bond donors (Lipinski definition) is 2. The van der Waals surface area contributed by atoms with Gasteiger partial charge in [0.2, 0.25) is 0 Å². The van der Waals surface area contributed by atoms with Gasteiger partial charge in [0.25, 0.3) is 0 Å². The first kappa shape index (κ1) is 22.3. The normalized spacial score (nSPS) is 10.1. The molecule has 0 aliphatic heterocycles. The molecule has 0 saturated carbocycles. The number of rotatable bonds is 1. The molecule has 4 nitrogen and oxygen atoms in total. The Kier molecular flexibility index (Phi) is 8.28. The summed E-state index contributed by atoms with van der Waals surface area (Å²) in [5, 5.41) is -0.132. The number of benzene rings is 2. The fourth-order valence-corrected chi connectivity index (χ4v) is 2.73. The molecule has 0 aliphatic carbocycles. The lowest BCUT2D eigenvalue weighted by atomic mass is 10.3. The Morgan fingerprint density at radius 3 is 1.88 bits per heavy atom. The van der Waals surface area contributed by atoms with Crippen LogP contribution in [0.5, 0.6) is 5.75 Å². The van der Waals surface area contributed by atoms with Gasteiger partial charge in [-0.1, -0.05) is 23.2 Å². The van der Waals surface area contributed by atoms with Crippen LogP contribution in [0.3, 0.4) is 0 Å². The fourth-order valence-electron chi connectivity index (χ4n) is 1.32. The summed E-state index contributed by atoms with van der Waals surface area (Å²) in [6.07, 6.45) is -1.14. The summed E-state index contributed by atoms with van der Waals surface area (Å²) in [5.41, 5.74) is 9.99. The molecule has 0 fully saturated rings. The molecule has 2 rings (SSSR count). The maximum absolute atomic E-state index is 12.9. The van der Waals surface area contributed by atoms with Gasteiger partial charge >= 0.3 is 6.09 Å². The average Bonchev–Trinajstić information content (AvgIpc) is 2.54. The van der Waals surface area contributed by atoms with Gasteiger partial charge in [0.05, 0.1) is 22.9 Å². The molecule has 2 aromatic rings. The zero-order valence-electron chi connectivity index (χ0n) is 11.6. The standard InChI is InChI=1S/C7H3ClF2INO2.C6H3ClF2IN/c8-4-3(14-7(12)13)1-2(9)5(10)6(4)11;7-4-3(11)1-2(8)5(9)6(4)10/h1H,(H2,12,13);1H,11H2. The fraction of sp³-hybridized carbons (Fsp3) is 0. The lowest BCUT2D eigenvalue weighted by Crippen LogP contribution is -2.17. The Labute approximate surface area is 176 Å². The molecule has 0 saturated heterocycles. The summed E-state index contributed by atoms with van der Waals surface area (Å²) < 4.78 is 55.0. The van der Waals surface area contributed by atoms with E-state index in [9.17, 15) is 22.4 Å². The molecule has 0 atom stereocenters. The van der Waals surface area contributed by atoms with Crippen molar-refractivity contribution in [3.63, 3.8) is 0 Å². The third-order valence-corrected chi connectivity index (χ3v) is 5.86. The molecule has 0 radical (unpaired) electrons. The maximum Gasteiger partial charge on any atom is 0.410 e. The van der Waals surface area contributed by atoms with E-state index in [4.69, 9.17) is 34.7 Å². The number of ether oxygens (including phenoxy) is 1. The summed E-state index contributed by atoms with van der Waals surface area (Å²) in [7, 11) is 0. The van der Waals surface area contributed by atoms with Crippen molar-refractivity contribution in [2.24, 2.45) is 5.73 Å². The van der Waals surface area contributed by atoms with Crippen molar-refractivity contribution in [2.45, 2.75) is 0 Å². The zero-order chi connectivity index (χ0) is 19.5. The Balaban J connectivity index is 0.000000257. The minimum atomic E-state index is -1.16. The number of primary amides is 1. The molecular formula is C13H6Cl2F4I2N2O2. The van der Waals surface area contributed by atoms with Gasteiger partial charge in [0.1, 0.15) is 0 Å². The number of carbonyl (C=O) groups excluding carboxylic acids is 1. The molecule has 0 bridgehead atoms. The van der Waals surface area contributed by atoms with E-state index in [0.29, 0.717) is 6.07 Å². The van der Waals surface area contributed by atoms with Crippen LogP contribution in [0.1, 0.15) is 0 Å². The van der Waals surface area contributed by atoms with Crippen molar-refractivity contribution >= 4 is 80.2 Å². The number of carbonyl (C=O) groups is 1. The van der Waals surface area contributed by atoms with Crippen molar-refractivity contribution < 1.29 is 27.1 Å². The van der Waals surface area contributed by atoms with Crippen LogP contribution in [-0.2, 0) is 0 Å². The lowest BCUT2D eigenvalue weighted by molar-refractivity contribution is 0.210. The Hall–Kier alpha value is -0.730. The van der Waals surface area contributed by atoms with Gasteiger partial charge in [-0.15, -0.1) is 0 Å². The molecule has 25 heavy (non-hydrogen) atoms. The highest BCUT2D eigenvalue weighted by atomic mass is 127. The van der Waals surface area contributed by atoms with E-state index in [2.05, 4.69) is 4.74 Å². The molecule has 4 N–H and O–H groups in total. The highest BCUT2D eigenvalue weighted by Crippen LogP contribution is 2.33. The molecule has 0 unspecified atom stereocenters. The number of amides is 1. The maximum atomic E-state index is 12.9. The van der Waals surface area contributed by atoms with Gasteiger partial charge in [-0.05, 0) is 45.2 Å². The molecule has 12 heteroatoms. The quantitative estimate of drug-likeness (QED) is 0.145. The third kappa shape index (κ3) is 5.62. The van der Waals surface area contributed by atoms with E-state index in [1.165, 1.54) is 22.6 Å². The van der Waals surface area contributed by atoms with E-state index >= 15 is 0 Å². The molecular weight excluding hydrogens is 617 g/mol. The van der Waals surface area contributed by atoms with Gasteiger partial charge in [-0.2, -0.15) is 0 Å². The largest absolute Gasteiger partial charge is 0.410 e. The second-order valence-corrected chi connectivity index (χ2v) is 7.02. The summed E-state index contributed by atoms with van der Waals surface area (Å²) in [5.74, 6) is -4.48. The van der Waals surface area contributed by atoms with E-state index in [1.54, 1.807) is 22.6 Å². The van der Waals surface area contributed by atoms with Crippen molar-refractivity contribution in [3.05, 3.63) is 52.6 Å². The number of anilines is 1. The predicted molar refractivity (Wildman–Crippen MR) is 103 cm³/mol. The highest BCUT2D eigenvalue weighted by molar-refractivity contribution is 14.1. The first-order chi connectivity index (χ1) is 11.5. The number of nitrogens with two attached hydrogens (primary N) is 2. The molecule has 0 aliphatic rings. The topological polar surface area (TPSA) is 78.3 Å². The minimum Gasteiger partial charge on any atom is -0.409 e. The average molecular weight is 623 g/mol. The molecule has 136 valence electrons. The minimum absolute atomic E-state index is 0.0155. The van der Waals surface area contributed by atoms with Gasteiger partial charge in [0.15, 0.2) is 29.0 Å². The third-order valence-electron chi connectivity index (χ3n) is 2.41. The van der Waals surface area contributed by atoms with Crippen LogP contribution >= 0.6 is 68.4 Å². The van der Waals surface area contributed by atoms with Crippen LogP contribution in [0.4, 0.5) is 28.0 Å². The first-order valence-electron chi connectivity index (χ1n) is 5.86. The van der Waals surface area contributed by atoms with Crippen molar-refractivity contribution in [2.75, 3.05) is 5.73 Å². The van der Waals surface area contributed by atoms with Crippen molar-refractivity contribution in [1.82, 2.24) is 0 Å². The van der Waals surface area contributed by atoms with Crippen LogP contribution in [-0.4, -0.2) is 6.09 Å². The highest BCUT2D eigenvalue weighted by Gasteiger charge is 2.17. The second-order valence-electron chi connectivity index (χ2n) is 4.11. The summed E-state index contributed by atoms with van der Waals surface area (Å²) in [6.45, 7) is 0. The predicted octanol–water partition coefficient (Wildman–Crippen LogP) is 5.49. The zero-order valence-corrected chi connectivity index (χ0v) is 17.5. The summed E-state index contributed by atoms with van der Waals surface area (Å²) in [6, 6.07) is 1.52. The SMILES string of the molecule is NC(=O)Oc1cc(F)c(F)c(I)c1Cl.Nc1cc(F)c(F)c(I)c1Cl. The van der Waals surface area contributed by atoms with Gasteiger partial charge in [-0.25, -0.2) is 22.4 Å². The van der Waals surface area contributed by atoms with Gasteiger partial charge < -0.3 is 16.2 Å². The van der Waals surface area contributed by atoms with Crippen LogP contribution < -0.4 is 16.2 Å². The molecule has 0 spiro atoms. The molecule has 2 aromatic carbocycles. The first-order valence-corrected chi connectivity index (χ1v) is 8.77. The summed E-state index contributed by atoms with van der Waals surface area (Å²) >= 11 is 14.2. The summed E-state index contributed by atoms with van der Waals surface area (Å²) in [4.78, 5) is 10.4. The Bertz CT molecular complexity index is 814. The molecule has 0 aromatic heterocycles. The van der Waals surface area contributed by atoms with Crippen LogP contribution in [0.15, 0.2) is 12.1 Å². The van der Waals surface area contributed by atoms with Crippen LogP contribution in [0, 0.1) is 30.4 Å². The molecule has 1 amide bonds. The Morgan fingerprint density at radius 2 is 1.40 bits per heavy atom. The lowest BCUT2D eigenvalue weighted by Gasteiger charge is -2.06. The van der Waals surface area contributed by atoms with Crippen LogP contribution in [0.2, 0.25) is 10.0 Å². The van der Waals surface area contributed by atoms with E-state index < -0.39 is 29.4 Å². The number of halogens is 8.